The first-order chi connectivity index (χ1) is 8.26. The number of carbonyl (C=O) groups excluding carboxylic acids is 1. The number of benzene rings is 1. The van der Waals surface area contributed by atoms with Gasteiger partial charge in [-0.05, 0) is 43.4 Å². The summed E-state index contributed by atoms with van der Waals surface area (Å²) in [6.45, 7) is 2.05. The molecule has 0 aromatic heterocycles. The lowest BCUT2D eigenvalue weighted by Gasteiger charge is -2.03. The summed E-state index contributed by atoms with van der Waals surface area (Å²) in [7, 11) is 1.67. The zero-order valence-electron chi connectivity index (χ0n) is 10.9. The smallest absolute Gasteiger partial charge is 0.132 e. The van der Waals surface area contributed by atoms with Gasteiger partial charge in [-0.2, -0.15) is 0 Å². The number of Topliss-reactive ketones (excluding diaryl/α,β-unsaturated/α-hetero) is 1. The Morgan fingerprint density at radius 3 is 2.41 bits per heavy atom. The van der Waals surface area contributed by atoms with Crippen LogP contribution in [0.15, 0.2) is 24.3 Å². The molecule has 0 N–H and O–H groups in total. The van der Waals surface area contributed by atoms with Crippen molar-refractivity contribution in [3.05, 3.63) is 29.8 Å². The first kappa shape index (κ1) is 13.8. The highest BCUT2D eigenvalue weighted by Gasteiger charge is 2.00. The summed E-state index contributed by atoms with van der Waals surface area (Å²) in [5, 5.41) is 0. The number of rotatable bonds is 8. The quantitative estimate of drug-likeness (QED) is 0.640. The largest absolute Gasteiger partial charge is 0.497 e. The number of methoxy groups -OCH3 is 1. The molecule has 0 aliphatic carbocycles. The molecule has 0 atom stereocenters. The van der Waals surface area contributed by atoms with Crippen LogP contribution in [0.4, 0.5) is 0 Å². The molecule has 1 rings (SSSR count). The number of hydrogen-bond donors (Lipinski definition) is 0. The Labute approximate surface area is 104 Å². The van der Waals surface area contributed by atoms with Gasteiger partial charge in [-0.25, -0.2) is 0 Å². The van der Waals surface area contributed by atoms with Crippen LogP contribution in [0.25, 0.3) is 0 Å². The molecule has 0 aliphatic heterocycles. The minimum absolute atomic E-state index is 0.405. The monoisotopic (exact) mass is 234 g/mol. The molecular formula is C15H22O2. The third-order valence-electron chi connectivity index (χ3n) is 2.86. The Bertz CT molecular complexity index is 327. The second kappa shape index (κ2) is 7.88. The second-order valence-electron chi connectivity index (χ2n) is 4.34. The topological polar surface area (TPSA) is 26.3 Å². The third-order valence-corrected chi connectivity index (χ3v) is 2.86. The zero-order valence-corrected chi connectivity index (χ0v) is 10.9. The van der Waals surface area contributed by atoms with Gasteiger partial charge in [-0.15, -0.1) is 0 Å². The number of ketones is 1. The van der Waals surface area contributed by atoms with Gasteiger partial charge < -0.3 is 4.74 Å². The van der Waals surface area contributed by atoms with E-state index in [-0.39, 0.29) is 0 Å². The Balaban J connectivity index is 2.19. The summed E-state index contributed by atoms with van der Waals surface area (Å²) in [5.41, 5.74) is 1.31. The van der Waals surface area contributed by atoms with Crippen LogP contribution >= 0.6 is 0 Å². The van der Waals surface area contributed by atoms with Crippen molar-refractivity contribution in [2.45, 2.75) is 45.4 Å². The average Bonchev–Trinajstić information content (AvgIpc) is 2.36. The van der Waals surface area contributed by atoms with Crippen molar-refractivity contribution in [3.8, 4) is 5.75 Å². The Hall–Kier alpha value is -1.31. The third kappa shape index (κ3) is 5.53. The lowest BCUT2D eigenvalue weighted by molar-refractivity contribution is -0.119. The van der Waals surface area contributed by atoms with Gasteiger partial charge >= 0.3 is 0 Å². The fourth-order valence-electron chi connectivity index (χ4n) is 1.85. The van der Waals surface area contributed by atoms with Crippen LogP contribution in [-0.2, 0) is 11.2 Å². The number of carbonyl (C=O) groups is 1. The van der Waals surface area contributed by atoms with Crippen LogP contribution < -0.4 is 4.74 Å². The highest BCUT2D eigenvalue weighted by atomic mass is 16.5. The van der Waals surface area contributed by atoms with E-state index in [1.807, 2.05) is 12.1 Å². The van der Waals surface area contributed by atoms with E-state index in [0.717, 1.165) is 44.3 Å². The Morgan fingerprint density at radius 1 is 1.12 bits per heavy atom. The highest BCUT2D eigenvalue weighted by Crippen LogP contribution is 2.13. The molecule has 0 unspecified atom stereocenters. The molecule has 94 valence electrons. The van der Waals surface area contributed by atoms with Gasteiger partial charge in [0.1, 0.15) is 11.5 Å². The first-order valence-electron chi connectivity index (χ1n) is 6.41. The maximum absolute atomic E-state index is 11.3. The van der Waals surface area contributed by atoms with E-state index in [2.05, 4.69) is 19.1 Å². The standard InChI is InChI=1S/C15H22O2/c1-3-6-14(16)8-5-4-7-13-9-11-15(17-2)12-10-13/h9-12H,3-8H2,1-2H3. The van der Waals surface area contributed by atoms with Gasteiger partial charge in [0.25, 0.3) is 0 Å². The number of hydrogen-bond acceptors (Lipinski definition) is 2. The average molecular weight is 234 g/mol. The summed E-state index contributed by atoms with van der Waals surface area (Å²) < 4.78 is 5.11. The zero-order chi connectivity index (χ0) is 12.5. The molecule has 1 aromatic carbocycles. The summed E-state index contributed by atoms with van der Waals surface area (Å²) >= 11 is 0. The lowest BCUT2D eigenvalue weighted by atomic mass is 10.0. The second-order valence-corrected chi connectivity index (χ2v) is 4.34. The first-order valence-corrected chi connectivity index (χ1v) is 6.41. The molecule has 0 amide bonds. The highest BCUT2D eigenvalue weighted by molar-refractivity contribution is 5.78. The normalized spacial score (nSPS) is 10.2. The van der Waals surface area contributed by atoms with Gasteiger partial charge in [0, 0.05) is 12.8 Å². The minimum Gasteiger partial charge on any atom is -0.497 e. The maximum Gasteiger partial charge on any atom is 0.132 e. The van der Waals surface area contributed by atoms with E-state index >= 15 is 0 Å². The van der Waals surface area contributed by atoms with Gasteiger partial charge in [0.05, 0.1) is 7.11 Å². The van der Waals surface area contributed by atoms with Gasteiger partial charge in [-0.3, -0.25) is 4.79 Å². The molecule has 0 bridgehead atoms. The van der Waals surface area contributed by atoms with Gasteiger partial charge in [0.2, 0.25) is 0 Å². The summed E-state index contributed by atoms with van der Waals surface area (Å²) in [4.78, 5) is 11.3. The van der Waals surface area contributed by atoms with Crippen molar-refractivity contribution >= 4 is 5.78 Å². The summed E-state index contributed by atoms with van der Waals surface area (Å²) in [5.74, 6) is 1.30. The molecule has 0 heterocycles. The molecule has 0 saturated carbocycles. The van der Waals surface area contributed by atoms with Crippen LogP contribution in [0.2, 0.25) is 0 Å². The fourth-order valence-corrected chi connectivity index (χ4v) is 1.85. The SMILES string of the molecule is CCCC(=O)CCCCc1ccc(OC)cc1. The van der Waals surface area contributed by atoms with E-state index in [4.69, 9.17) is 4.74 Å². The van der Waals surface area contributed by atoms with Crippen molar-refractivity contribution in [3.63, 3.8) is 0 Å². The van der Waals surface area contributed by atoms with E-state index in [0.29, 0.717) is 5.78 Å². The van der Waals surface area contributed by atoms with Crippen molar-refractivity contribution < 1.29 is 9.53 Å². The minimum atomic E-state index is 0.405. The molecule has 2 nitrogen and oxygen atoms in total. The van der Waals surface area contributed by atoms with E-state index < -0.39 is 0 Å². The predicted octanol–water partition coefficient (Wildman–Crippen LogP) is 3.78. The van der Waals surface area contributed by atoms with E-state index in [9.17, 15) is 4.79 Å². The maximum atomic E-state index is 11.3. The molecule has 0 fully saturated rings. The van der Waals surface area contributed by atoms with Crippen molar-refractivity contribution in [2.24, 2.45) is 0 Å². The molecule has 1 aromatic rings. The summed E-state index contributed by atoms with van der Waals surface area (Å²) in [6, 6.07) is 8.15. The lowest BCUT2D eigenvalue weighted by Crippen LogP contribution is -1.97. The van der Waals surface area contributed by atoms with Crippen molar-refractivity contribution in [1.82, 2.24) is 0 Å². The molecule has 2 heteroatoms. The van der Waals surface area contributed by atoms with E-state index in [1.165, 1.54) is 5.56 Å². The molecular weight excluding hydrogens is 212 g/mol. The fraction of sp³-hybridized carbons (Fsp3) is 0.533. The number of unbranched alkanes of at least 4 members (excludes halogenated alkanes) is 1. The summed E-state index contributed by atoms with van der Waals surface area (Å²) in [6.07, 6.45) is 5.58. The van der Waals surface area contributed by atoms with Crippen LogP contribution in [-0.4, -0.2) is 12.9 Å². The van der Waals surface area contributed by atoms with Gasteiger partial charge in [-0.1, -0.05) is 19.1 Å². The predicted molar refractivity (Wildman–Crippen MR) is 70.5 cm³/mol. The van der Waals surface area contributed by atoms with Crippen LogP contribution in [0, 0.1) is 0 Å². The molecule has 0 spiro atoms. The van der Waals surface area contributed by atoms with E-state index in [1.54, 1.807) is 7.11 Å². The van der Waals surface area contributed by atoms with Crippen molar-refractivity contribution in [1.29, 1.82) is 0 Å². The van der Waals surface area contributed by atoms with Gasteiger partial charge in [0.15, 0.2) is 0 Å². The van der Waals surface area contributed by atoms with Crippen LogP contribution in [0.5, 0.6) is 5.75 Å². The molecule has 0 radical (unpaired) electrons. The molecule has 0 aliphatic rings. The number of ether oxygens (including phenoxy) is 1. The number of aryl methyl sites for hydroxylation is 1. The molecule has 0 saturated heterocycles. The van der Waals surface area contributed by atoms with Crippen LogP contribution in [0.1, 0.15) is 44.6 Å². The molecule has 17 heavy (non-hydrogen) atoms. The van der Waals surface area contributed by atoms with Crippen LogP contribution in [0.3, 0.4) is 0 Å². The Kier molecular flexibility index (Phi) is 6.38. The Morgan fingerprint density at radius 2 is 1.82 bits per heavy atom. The van der Waals surface area contributed by atoms with Crippen molar-refractivity contribution in [2.75, 3.05) is 7.11 Å².